The van der Waals surface area contributed by atoms with E-state index in [0.717, 1.165) is 25.9 Å². The normalized spacial score (nSPS) is 28.1. The maximum Gasteiger partial charge on any atom is 0.320 e. The Labute approximate surface area is 89.0 Å². The Hall–Kier alpha value is -0.650. The van der Waals surface area contributed by atoms with Crippen LogP contribution in [0.5, 0.6) is 0 Å². The molecular weight excluding hydrogens is 198 g/mol. The highest BCUT2D eigenvalue weighted by Gasteiger charge is 2.41. The van der Waals surface area contributed by atoms with Crippen LogP contribution in [0.25, 0.3) is 0 Å². The first-order valence-electron chi connectivity index (χ1n) is 5.38. The third-order valence-electron chi connectivity index (χ3n) is 3.28. The van der Waals surface area contributed by atoms with Gasteiger partial charge in [0.2, 0.25) is 0 Å². The van der Waals surface area contributed by atoms with Crippen molar-refractivity contribution in [3.63, 3.8) is 0 Å². The molecule has 15 heavy (non-hydrogen) atoms. The van der Waals surface area contributed by atoms with Crippen LogP contribution < -0.4 is 0 Å². The highest BCUT2D eigenvalue weighted by Crippen LogP contribution is 2.31. The summed E-state index contributed by atoms with van der Waals surface area (Å²) < 4.78 is 11.1. The number of carboxylic acids is 1. The molecule has 0 aromatic rings. The smallest absolute Gasteiger partial charge is 0.320 e. The highest BCUT2D eigenvalue weighted by molar-refractivity contribution is 5.72. The molecule has 5 heteroatoms. The van der Waals surface area contributed by atoms with E-state index >= 15 is 0 Å². The van der Waals surface area contributed by atoms with Crippen molar-refractivity contribution in [3.8, 4) is 0 Å². The Morgan fingerprint density at radius 2 is 1.87 bits per heavy atom. The van der Waals surface area contributed by atoms with Crippen molar-refractivity contribution < 1.29 is 19.4 Å². The van der Waals surface area contributed by atoms with Gasteiger partial charge in [-0.15, -0.1) is 0 Å². The second-order valence-electron chi connectivity index (χ2n) is 4.16. The first-order valence-corrected chi connectivity index (χ1v) is 5.38. The maximum absolute atomic E-state index is 10.8. The number of carbonyl (C=O) groups is 1. The van der Waals surface area contributed by atoms with Gasteiger partial charge in [0.15, 0.2) is 5.79 Å². The lowest BCUT2D eigenvalue weighted by Gasteiger charge is -2.39. The van der Waals surface area contributed by atoms with Crippen molar-refractivity contribution in [1.29, 1.82) is 0 Å². The molecule has 1 N–H and O–H groups in total. The van der Waals surface area contributed by atoms with Gasteiger partial charge in [0.05, 0.1) is 13.2 Å². The summed E-state index contributed by atoms with van der Waals surface area (Å²) in [6.45, 7) is 4.50. The molecule has 2 aliphatic heterocycles. The molecule has 2 rings (SSSR count). The SMILES string of the molecule is CC(C(=O)O)N1CCC2(CC1)OCCO2. The Balaban J connectivity index is 1.89. The Kier molecular flexibility index (Phi) is 2.95. The van der Waals surface area contributed by atoms with Crippen LogP contribution in [0.4, 0.5) is 0 Å². The first-order chi connectivity index (χ1) is 7.13. The van der Waals surface area contributed by atoms with Crippen molar-refractivity contribution >= 4 is 5.97 Å². The second-order valence-corrected chi connectivity index (χ2v) is 4.16. The molecule has 5 nitrogen and oxygen atoms in total. The molecule has 1 spiro atoms. The topological polar surface area (TPSA) is 59.0 Å². The zero-order valence-electron chi connectivity index (χ0n) is 8.94. The quantitative estimate of drug-likeness (QED) is 0.718. The summed E-state index contributed by atoms with van der Waals surface area (Å²) in [4.78, 5) is 12.8. The average Bonchev–Trinajstić information content (AvgIpc) is 2.67. The van der Waals surface area contributed by atoms with Crippen LogP contribution in [-0.2, 0) is 14.3 Å². The van der Waals surface area contributed by atoms with E-state index in [4.69, 9.17) is 14.6 Å². The number of carboxylic acid groups (broad SMARTS) is 1. The van der Waals surface area contributed by atoms with E-state index in [0.29, 0.717) is 13.2 Å². The van der Waals surface area contributed by atoms with E-state index in [-0.39, 0.29) is 0 Å². The van der Waals surface area contributed by atoms with Gasteiger partial charge >= 0.3 is 5.97 Å². The fraction of sp³-hybridized carbons (Fsp3) is 0.900. The number of nitrogens with zero attached hydrogens (tertiary/aromatic N) is 1. The predicted octanol–water partition coefficient (Wildman–Crippen LogP) is 0.298. The predicted molar refractivity (Wildman–Crippen MR) is 52.5 cm³/mol. The summed E-state index contributed by atoms with van der Waals surface area (Å²) in [6.07, 6.45) is 1.54. The molecule has 0 saturated carbocycles. The monoisotopic (exact) mass is 215 g/mol. The van der Waals surface area contributed by atoms with Gasteiger partial charge in [-0.05, 0) is 6.92 Å². The zero-order valence-corrected chi connectivity index (χ0v) is 8.94. The third kappa shape index (κ3) is 2.14. The Morgan fingerprint density at radius 3 is 2.33 bits per heavy atom. The average molecular weight is 215 g/mol. The molecule has 0 aromatic heterocycles. The fourth-order valence-corrected chi connectivity index (χ4v) is 2.19. The van der Waals surface area contributed by atoms with Gasteiger partial charge in [0.1, 0.15) is 6.04 Å². The minimum atomic E-state index is -0.765. The van der Waals surface area contributed by atoms with Crippen LogP contribution in [0.1, 0.15) is 19.8 Å². The maximum atomic E-state index is 10.8. The van der Waals surface area contributed by atoms with Crippen molar-refractivity contribution in [2.75, 3.05) is 26.3 Å². The lowest BCUT2D eigenvalue weighted by molar-refractivity contribution is -0.189. The van der Waals surface area contributed by atoms with Crippen LogP contribution in [0.15, 0.2) is 0 Å². The lowest BCUT2D eigenvalue weighted by Crippen LogP contribution is -2.50. The van der Waals surface area contributed by atoms with E-state index in [1.807, 2.05) is 4.90 Å². The molecule has 0 aliphatic carbocycles. The molecule has 0 bridgehead atoms. The summed E-state index contributed by atoms with van der Waals surface area (Å²) in [5.74, 6) is -1.17. The van der Waals surface area contributed by atoms with Gasteiger partial charge in [-0.25, -0.2) is 0 Å². The molecule has 0 radical (unpaired) electrons. The summed E-state index contributed by atoms with van der Waals surface area (Å²) in [7, 11) is 0. The summed E-state index contributed by atoms with van der Waals surface area (Å²) >= 11 is 0. The lowest BCUT2D eigenvalue weighted by atomic mass is 10.0. The number of ether oxygens (including phenoxy) is 2. The molecule has 0 amide bonds. The molecular formula is C10H17NO4. The van der Waals surface area contributed by atoms with Gasteiger partial charge in [-0.2, -0.15) is 0 Å². The van der Waals surface area contributed by atoms with Crippen LogP contribution in [0, 0.1) is 0 Å². The Morgan fingerprint density at radius 1 is 1.33 bits per heavy atom. The molecule has 1 atom stereocenters. The summed E-state index contributed by atoms with van der Waals surface area (Å²) in [6, 6.07) is -0.413. The van der Waals surface area contributed by atoms with Crippen LogP contribution in [0.3, 0.4) is 0 Å². The van der Waals surface area contributed by atoms with E-state index in [2.05, 4.69) is 0 Å². The molecule has 2 aliphatic rings. The van der Waals surface area contributed by atoms with Gasteiger partial charge in [-0.1, -0.05) is 0 Å². The molecule has 0 aromatic carbocycles. The Bertz CT molecular complexity index is 240. The van der Waals surface area contributed by atoms with E-state index in [1.165, 1.54) is 0 Å². The number of likely N-dealkylation sites (tertiary alicyclic amines) is 1. The minimum absolute atomic E-state index is 0.408. The number of rotatable bonds is 2. The number of hydrogen-bond donors (Lipinski definition) is 1. The second kappa shape index (κ2) is 4.08. The minimum Gasteiger partial charge on any atom is -0.480 e. The molecule has 2 fully saturated rings. The van der Waals surface area contributed by atoms with E-state index < -0.39 is 17.8 Å². The van der Waals surface area contributed by atoms with Crippen LogP contribution in [-0.4, -0.2) is 54.1 Å². The first kappa shape index (κ1) is 10.9. The van der Waals surface area contributed by atoms with E-state index in [9.17, 15) is 4.79 Å². The van der Waals surface area contributed by atoms with Gasteiger partial charge in [0, 0.05) is 25.9 Å². The molecule has 86 valence electrons. The van der Waals surface area contributed by atoms with Gasteiger partial charge in [-0.3, -0.25) is 9.69 Å². The zero-order chi connectivity index (χ0) is 10.9. The number of hydrogen-bond acceptors (Lipinski definition) is 4. The van der Waals surface area contributed by atoms with Crippen LogP contribution in [0.2, 0.25) is 0 Å². The van der Waals surface area contributed by atoms with Crippen molar-refractivity contribution in [2.24, 2.45) is 0 Å². The van der Waals surface area contributed by atoms with Crippen molar-refractivity contribution in [1.82, 2.24) is 4.90 Å². The largest absolute Gasteiger partial charge is 0.480 e. The number of piperidine rings is 1. The molecule has 1 unspecified atom stereocenters. The highest BCUT2D eigenvalue weighted by atomic mass is 16.7. The molecule has 2 saturated heterocycles. The van der Waals surface area contributed by atoms with Crippen LogP contribution >= 0.6 is 0 Å². The third-order valence-corrected chi connectivity index (χ3v) is 3.28. The summed E-state index contributed by atoms with van der Waals surface area (Å²) in [5.41, 5.74) is 0. The summed E-state index contributed by atoms with van der Waals surface area (Å²) in [5, 5.41) is 8.89. The van der Waals surface area contributed by atoms with Gasteiger partial charge < -0.3 is 14.6 Å². The number of aliphatic carboxylic acids is 1. The van der Waals surface area contributed by atoms with Crippen molar-refractivity contribution in [3.05, 3.63) is 0 Å². The van der Waals surface area contributed by atoms with E-state index in [1.54, 1.807) is 6.92 Å². The standard InChI is InChI=1S/C10H17NO4/c1-8(9(12)13)11-4-2-10(3-5-11)14-6-7-15-10/h8H,2-7H2,1H3,(H,12,13). The van der Waals surface area contributed by atoms with Gasteiger partial charge in [0.25, 0.3) is 0 Å². The van der Waals surface area contributed by atoms with Crippen molar-refractivity contribution in [2.45, 2.75) is 31.6 Å². The molecule has 2 heterocycles. The fourth-order valence-electron chi connectivity index (χ4n) is 2.19.